The average molecular weight is 474 g/mol. The van der Waals surface area contributed by atoms with Crippen LogP contribution < -0.4 is 20.1 Å². The Balaban J connectivity index is 1.46. The van der Waals surface area contributed by atoms with Crippen molar-refractivity contribution in [2.24, 2.45) is 0 Å². The van der Waals surface area contributed by atoms with Crippen LogP contribution in [0.25, 0.3) is 0 Å². The van der Waals surface area contributed by atoms with Gasteiger partial charge >= 0.3 is 6.03 Å². The SMILES string of the molecule is CC1(c2cccc(Br)c2)NC(=O)N(CC(=O)Nc2ccc3c(c2)OCCCO3)C1=O. The van der Waals surface area contributed by atoms with Crippen molar-refractivity contribution >= 4 is 39.5 Å². The van der Waals surface area contributed by atoms with Crippen LogP contribution in [0.1, 0.15) is 18.9 Å². The van der Waals surface area contributed by atoms with Crippen LogP contribution >= 0.6 is 15.9 Å². The van der Waals surface area contributed by atoms with Gasteiger partial charge in [0.25, 0.3) is 5.91 Å². The predicted octanol–water partition coefficient (Wildman–Crippen LogP) is 3.02. The maximum atomic E-state index is 13.0. The van der Waals surface area contributed by atoms with E-state index in [1.807, 2.05) is 6.07 Å². The molecule has 30 heavy (non-hydrogen) atoms. The number of hydrogen-bond donors (Lipinski definition) is 2. The van der Waals surface area contributed by atoms with Gasteiger partial charge in [-0.3, -0.25) is 14.5 Å². The van der Waals surface area contributed by atoms with E-state index in [1.54, 1.807) is 43.3 Å². The lowest BCUT2D eigenvalue weighted by molar-refractivity contribution is -0.133. The molecular formula is C21H20BrN3O5. The number of ether oxygens (including phenoxy) is 2. The second-order valence-electron chi connectivity index (χ2n) is 7.22. The molecule has 2 N–H and O–H groups in total. The zero-order chi connectivity index (χ0) is 21.3. The van der Waals surface area contributed by atoms with Crippen LogP contribution in [-0.4, -0.2) is 42.5 Å². The van der Waals surface area contributed by atoms with Crippen molar-refractivity contribution < 1.29 is 23.9 Å². The Hall–Kier alpha value is -3.07. The number of benzene rings is 2. The number of imide groups is 1. The zero-order valence-electron chi connectivity index (χ0n) is 16.2. The van der Waals surface area contributed by atoms with Crippen molar-refractivity contribution in [2.45, 2.75) is 18.9 Å². The number of hydrogen-bond acceptors (Lipinski definition) is 5. The van der Waals surface area contributed by atoms with Gasteiger partial charge in [-0.2, -0.15) is 0 Å². The van der Waals surface area contributed by atoms with Gasteiger partial charge in [0.2, 0.25) is 5.91 Å². The van der Waals surface area contributed by atoms with E-state index in [1.165, 1.54) is 0 Å². The molecule has 2 aliphatic heterocycles. The molecule has 9 heteroatoms. The average Bonchev–Trinajstić information content (AvgIpc) is 2.88. The van der Waals surface area contributed by atoms with Gasteiger partial charge in [0.1, 0.15) is 12.1 Å². The first-order chi connectivity index (χ1) is 14.4. The van der Waals surface area contributed by atoms with Gasteiger partial charge in [0.05, 0.1) is 13.2 Å². The van der Waals surface area contributed by atoms with Crippen LogP contribution in [0.2, 0.25) is 0 Å². The van der Waals surface area contributed by atoms with Crippen LogP contribution in [0, 0.1) is 0 Å². The maximum absolute atomic E-state index is 13.0. The largest absolute Gasteiger partial charge is 0.490 e. The summed E-state index contributed by atoms with van der Waals surface area (Å²) in [5, 5.41) is 5.39. The standard InChI is InChI=1S/C21H20BrN3O5/c1-21(13-4-2-5-14(22)10-13)19(27)25(20(28)24-21)12-18(26)23-15-6-7-16-17(11-15)30-9-3-8-29-16/h2,4-7,10-11H,3,8-9,12H2,1H3,(H,23,26)(H,24,28). The first kappa shape index (κ1) is 20.2. The maximum Gasteiger partial charge on any atom is 0.325 e. The molecule has 0 aliphatic carbocycles. The summed E-state index contributed by atoms with van der Waals surface area (Å²) in [5.74, 6) is 0.179. The number of nitrogens with one attached hydrogen (secondary N) is 2. The number of rotatable bonds is 4. The number of urea groups is 1. The minimum absolute atomic E-state index is 0.400. The summed E-state index contributed by atoms with van der Waals surface area (Å²) in [5.41, 5.74) is -0.122. The number of anilines is 1. The summed E-state index contributed by atoms with van der Waals surface area (Å²) < 4.78 is 12.0. The molecule has 0 radical (unpaired) electrons. The van der Waals surface area contributed by atoms with Crippen LogP contribution in [0.4, 0.5) is 10.5 Å². The molecule has 2 aromatic carbocycles. The van der Waals surface area contributed by atoms with E-state index in [0.29, 0.717) is 36.0 Å². The van der Waals surface area contributed by atoms with Crippen LogP contribution in [-0.2, 0) is 15.1 Å². The highest BCUT2D eigenvalue weighted by Crippen LogP contribution is 2.33. The Morgan fingerprint density at radius 3 is 2.70 bits per heavy atom. The van der Waals surface area contributed by atoms with Crippen molar-refractivity contribution in [1.82, 2.24) is 10.2 Å². The molecule has 4 amide bonds. The van der Waals surface area contributed by atoms with Crippen molar-refractivity contribution in [3.05, 3.63) is 52.5 Å². The molecule has 2 aromatic rings. The highest BCUT2D eigenvalue weighted by molar-refractivity contribution is 9.10. The molecule has 1 saturated heterocycles. The number of halogens is 1. The minimum Gasteiger partial charge on any atom is -0.490 e. The number of carbonyl (C=O) groups excluding carboxylic acids is 3. The summed E-state index contributed by atoms with van der Waals surface area (Å²) in [6.07, 6.45) is 0.777. The molecule has 1 fully saturated rings. The van der Waals surface area contributed by atoms with Crippen molar-refractivity contribution in [2.75, 3.05) is 25.1 Å². The van der Waals surface area contributed by atoms with Gasteiger partial charge in [-0.15, -0.1) is 0 Å². The highest BCUT2D eigenvalue weighted by Gasteiger charge is 2.49. The minimum atomic E-state index is -1.24. The van der Waals surface area contributed by atoms with Gasteiger partial charge < -0.3 is 20.1 Å². The molecule has 0 spiro atoms. The molecule has 1 atom stereocenters. The van der Waals surface area contributed by atoms with Gasteiger partial charge in [-0.25, -0.2) is 4.79 Å². The number of nitrogens with zero attached hydrogens (tertiary/aromatic N) is 1. The van der Waals surface area contributed by atoms with E-state index in [2.05, 4.69) is 26.6 Å². The van der Waals surface area contributed by atoms with Crippen LogP contribution in [0.3, 0.4) is 0 Å². The summed E-state index contributed by atoms with van der Waals surface area (Å²) >= 11 is 3.37. The van der Waals surface area contributed by atoms with E-state index in [9.17, 15) is 14.4 Å². The number of fused-ring (bicyclic) bond motifs is 1. The van der Waals surface area contributed by atoms with Gasteiger partial charge in [0, 0.05) is 22.6 Å². The molecule has 8 nitrogen and oxygen atoms in total. The second kappa shape index (κ2) is 7.98. The molecule has 2 heterocycles. The third-order valence-electron chi connectivity index (χ3n) is 5.01. The summed E-state index contributed by atoms with van der Waals surface area (Å²) in [7, 11) is 0. The Morgan fingerprint density at radius 2 is 1.93 bits per heavy atom. The molecule has 4 rings (SSSR count). The molecule has 0 aromatic heterocycles. The molecular weight excluding hydrogens is 454 g/mol. The van der Waals surface area contributed by atoms with E-state index in [4.69, 9.17) is 9.47 Å². The van der Waals surface area contributed by atoms with Gasteiger partial charge in [0.15, 0.2) is 11.5 Å². The fourth-order valence-electron chi connectivity index (χ4n) is 3.42. The van der Waals surface area contributed by atoms with E-state index in [-0.39, 0.29) is 0 Å². The van der Waals surface area contributed by atoms with E-state index in [0.717, 1.165) is 15.8 Å². The van der Waals surface area contributed by atoms with Crippen LogP contribution in [0.5, 0.6) is 11.5 Å². The third kappa shape index (κ3) is 3.85. The first-order valence-corrected chi connectivity index (χ1v) is 10.3. The lowest BCUT2D eigenvalue weighted by Crippen LogP contribution is -2.42. The fourth-order valence-corrected chi connectivity index (χ4v) is 3.82. The highest BCUT2D eigenvalue weighted by atomic mass is 79.9. The van der Waals surface area contributed by atoms with Crippen molar-refractivity contribution in [3.8, 4) is 11.5 Å². The smallest absolute Gasteiger partial charge is 0.325 e. The predicted molar refractivity (Wildman–Crippen MR) is 112 cm³/mol. The topological polar surface area (TPSA) is 97.0 Å². The molecule has 2 aliphatic rings. The number of amides is 4. The first-order valence-electron chi connectivity index (χ1n) is 9.46. The summed E-state index contributed by atoms with van der Waals surface area (Å²) in [4.78, 5) is 38.9. The Bertz CT molecular complexity index is 1030. The lowest BCUT2D eigenvalue weighted by atomic mass is 9.92. The van der Waals surface area contributed by atoms with Crippen molar-refractivity contribution in [3.63, 3.8) is 0 Å². The van der Waals surface area contributed by atoms with Gasteiger partial charge in [-0.05, 0) is 36.8 Å². The second-order valence-corrected chi connectivity index (χ2v) is 8.13. The van der Waals surface area contributed by atoms with Gasteiger partial charge in [-0.1, -0.05) is 28.1 Å². The molecule has 0 bridgehead atoms. The van der Waals surface area contributed by atoms with Crippen molar-refractivity contribution in [1.29, 1.82) is 0 Å². The molecule has 0 saturated carbocycles. The summed E-state index contributed by atoms with van der Waals surface area (Å²) in [6, 6.07) is 11.6. The molecule has 156 valence electrons. The Labute approximate surface area is 181 Å². The van der Waals surface area contributed by atoms with E-state index >= 15 is 0 Å². The number of carbonyl (C=O) groups is 3. The summed E-state index contributed by atoms with van der Waals surface area (Å²) in [6.45, 7) is 2.32. The van der Waals surface area contributed by atoms with E-state index < -0.39 is 29.9 Å². The van der Waals surface area contributed by atoms with Crippen LogP contribution in [0.15, 0.2) is 46.9 Å². The zero-order valence-corrected chi connectivity index (χ0v) is 17.8. The monoisotopic (exact) mass is 473 g/mol. The quantitative estimate of drug-likeness (QED) is 0.665. The normalized spacial score (nSPS) is 20.5. The Morgan fingerprint density at radius 1 is 1.17 bits per heavy atom. The third-order valence-corrected chi connectivity index (χ3v) is 5.50. The molecule has 1 unspecified atom stereocenters. The fraction of sp³-hybridized carbons (Fsp3) is 0.286. The lowest BCUT2D eigenvalue weighted by Gasteiger charge is -2.22. The Kier molecular flexibility index (Phi) is 5.38.